The molecule has 0 saturated carbocycles. The van der Waals surface area contributed by atoms with Crippen molar-refractivity contribution in [3.05, 3.63) is 176 Å². The zero-order chi connectivity index (χ0) is 32.3. The van der Waals surface area contributed by atoms with Crippen LogP contribution in [0.5, 0.6) is 0 Å². The molecule has 0 saturated heterocycles. The van der Waals surface area contributed by atoms with E-state index in [1.807, 2.05) is 22.7 Å². The van der Waals surface area contributed by atoms with Crippen LogP contribution in [0.4, 0.5) is 17.1 Å². The first kappa shape index (κ1) is 28.3. The normalized spacial score (nSPS) is 11.7. The van der Waals surface area contributed by atoms with Crippen LogP contribution < -0.4 is 4.90 Å². The second kappa shape index (κ2) is 11.5. The van der Waals surface area contributed by atoms with Gasteiger partial charge in [-0.15, -0.1) is 22.7 Å². The van der Waals surface area contributed by atoms with E-state index in [1.54, 1.807) is 0 Å². The predicted octanol–water partition coefficient (Wildman–Crippen LogP) is 14.4. The fourth-order valence-corrected chi connectivity index (χ4v) is 9.70. The average molecular weight is 660 g/mol. The van der Waals surface area contributed by atoms with Gasteiger partial charge in [-0.25, -0.2) is 0 Å². The molecule has 1 nitrogen and oxygen atoms in total. The van der Waals surface area contributed by atoms with E-state index in [1.165, 1.54) is 84.7 Å². The highest BCUT2D eigenvalue weighted by atomic mass is 32.1. The SMILES string of the molecule is c1ccc(-c2ccc(-c3ccc4ccccc4c3)cc2N(c2cccc3c2sc2ccccc23)c2cccc3sc4ccccc4c23)cc1. The molecule has 2 aromatic heterocycles. The van der Waals surface area contributed by atoms with Crippen LogP contribution in [0.25, 0.3) is 73.4 Å². The summed E-state index contributed by atoms with van der Waals surface area (Å²) in [7, 11) is 0. The molecule has 10 aromatic rings. The van der Waals surface area contributed by atoms with Gasteiger partial charge in [0.2, 0.25) is 0 Å². The van der Waals surface area contributed by atoms with Gasteiger partial charge in [0, 0.05) is 41.2 Å². The van der Waals surface area contributed by atoms with E-state index >= 15 is 0 Å². The summed E-state index contributed by atoms with van der Waals surface area (Å²) in [6.45, 7) is 0. The largest absolute Gasteiger partial charge is 0.308 e. The summed E-state index contributed by atoms with van der Waals surface area (Å²) in [6.07, 6.45) is 0. The monoisotopic (exact) mass is 659 g/mol. The summed E-state index contributed by atoms with van der Waals surface area (Å²) < 4.78 is 5.19. The molecular weight excluding hydrogens is 631 g/mol. The maximum Gasteiger partial charge on any atom is 0.0640 e. The van der Waals surface area contributed by atoms with E-state index in [2.05, 4.69) is 181 Å². The Balaban J connectivity index is 1.33. The van der Waals surface area contributed by atoms with Gasteiger partial charge in [0.25, 0.3) is 0 Å². The van der Waals surface area contributed by atoms with Gasteiger partial charge in [0.05, 0.1) is 21.8 Å². The van der Waals surface area contributed by atoms with Gasteiger partial charge >= 0.3 is 0 Å². The highest BCUT2D eigenvalue weighted by Crippen LogP contribution is 2.51. The molecule has 0 radical (unpaired) electrons. The Labute approximate surface area is 292 Å². The quantitative estimate of drug-likeness (QED) is 0.178. The second-order valence-electron chi connectivity index (χ2n) is 12.5. The number of hydrogen-bond acceptors (Lipinski definition) is 3. The van der Waals surface area contributed by atoms with Crippen molar-refractivity contribution in [1.82, 2.24) is 0 Å². The third-order valence-corrected chi connectivity index (χ3v) is 12.0. The molecule has 0 unspecified atom stereocenters. The van der Waals surface area contributed by atoms with Gasteiger partial charge in [-0.2, -0.15) is 0 Å². The standard InChI is InChI=1S/C46H29NS2/c1-2-13-31(14-3-1)35-27-26-34(33-25-24-30-12-4-5-15-32(30)28-33)29-41(35)47(39-19-11-23-44-45(39)38-17-7-9-22-43(38)48-44)40-20-10-18-37-36-16-6-8-21-42(36)49-46(37)40/h1-29H. The molecule has 2 heterocycles. The number of rotatable bonds is 5. The topological polar surface area (TPSA) is 3.24 Å². The molecule has 0 amide bonds. The molecule has 0 spiro atoms. The van der Waals surface area contributed by atoms with E-state index in [0.717, 1.165) is 5.69 Å². The molecule has 8 aromatic carbocycles. The smallest absolute Gasteiger partial charge is 0.0640 e. The molecule has 230 valence electrons. The van der Waals surface area contributed by atoms with Crippen molar-refractivity contribution in [2.75, 3.05) is 4.90 Å². The summed E-state index contributed by atoms with van der Waals surface area (Å²) in [5, 5.41) is 7.67. The summed E-state index contributed by atoms with van der Waals surface area (Å²) in [5.41, 5.74) is 8.32. The fraction of sp³-hybridized carbons (Fsp3) is 0. The number of hydrogen-bond donors (Lipinski definition) is 0. The Bertz CT molecular complexity index is 2840. The third kappa shape index (κ3) is 4.66. The summed E-state index contributed by atoms with van der Waals surface area (Å²) >= 11 is 3.75. The molecule has 0 fully saturated rings. The molecule has 3 heteroatoms. The van der Waals surface area contributed by atoms with Crippen LogP contribution in [0.2, 0.25) is 0 Å². The van der Waals surface area contributed by atoms with Crippen molar-refractivity contribution in [2.45, 2.75) is 0 Å². The van der Waals surface area contributed by atoms with Crippen molar-refractivity contribution in [3.8, 4) is 22.3 Å². The van der Waals surface area contributed by atoms with Crippen LogP contribution in [0.15, 0.2) is 176 Å². The molecule has 10 rings (SSSR count). The molecule has 0 aliphatic rings. The van der Waals surface area contributed by atoms with Crippen LogP contribution in [0.1, 0.15) is 0 Å². The highest BCUT2D eigenvalue weighted by Gasteiger charge is 2.24. The Morgan fingerprint density at radius 2 is 0.980 bits per heavy atom. The van der Waals surface area contributed by atoms with Crippen molar-refractivity contribution >= 4 is 90.9 Å². The van der Waals surface area contributed by atoms with Crippen LogP contribution in [-0.2, 0) is 0 Å². The summed E-state index contributed by atoms with van der Waals surface area (Å²) in [5.74, 6) is 0. The highest BCUT2D eigenvalue weighted by molar-refractivity contribution is 7.26. The lowest BCUT2D eigenvalue weighted by molar-refractivity contribution is 1.32. The van der Waals surface area contributed by atoms with Gasteiger partial charge in [-0.1, -0.05) is 133 Å². The molecule has 0 aliphatic carbocycles. The molecule has 0 bridgehead atoms. The average Bonchev–Trinajstić information content (AvgIpc) is 3.75. The fourth-order valence-electron chi connectivity index (χ4n) is 7.37. The summed E-state index contributed by atoms with van der Waals surface area (Å²) in [4.78, 5) is 2.55. The first-order valence-corrected chi connectivity index (χ1v) is 18.2. The molecular formula is C46H29NS2. The number of fused-ring (bicyclic) bond motifs is 7. The lowest BCUT2D eigenvalue weighted by Gasteiger charge is -2.30. The van der Waals surface area contributed by atoms with Crippen molar-refractivity contribution < 1.29 is 0 Å². The first-order chi connectivity index (χ1) is 24.3. The molecule has 0 atom stereocenters. The predicted molar refractivity (Wildman–Crippen MR) is 215 cm³/mol. The first-order valence-electron chi connectivity index (χ1n) is 16.6. The van der Waals surface area contributed by atoms with Gasteiger partial charge < -0.3 is 4.90 Å². The Hall–Kier alpha value is -5.74. The Kier molecular flexibility index (Phi) is 6.61. The maximum atomic E-state index is 2.55. The van der Waals surface area contributed by atoms with E-state index in [4.69, 9.17) is 0 Å². The zero-order valence-electron chi connectivity index (χ0n) is 26.5. The minimum atomic E-state index is 1.16. The van der Waals surface area contributed by atoms with Crippen molar-refractivity contribution in [1.29, 1.82) is 0 Å². The van der Waals surface area contributed by atoms with Crippen molar-refractivity contribution in [3.63, 3.8) is 0 Å². The van der Waals surface area contributed by atoms with E-state index in [-0.39, 0.29) is 0 Å². The molecule has 49 heavy (non-hydrogen) atoms. The van der Waals surface area contributed by atoms with E-state index < -0.39 is 0 Å². The molecule has 0 N–H and O–H groups in total. The van der Waals surface area contributed by atoms with Crippen molar-refractivity contribution in [2.24, 2.45) is 0 Å². The number of benzene rings is 8. The van der Waals surface area contributed by atoms with Crippen LogP contribution in [0.3, 0.4) is 0 Å². The van der Waals surface area contributed by atoms with E-state index in [0.29, 0.717) is 0 Å². The zero-order valence-corrected chi connectivity index (χ0v) is 28.1. The van der Waals surface area contributed by atoms with E-state index in [9.17, 15) is 0 Å². The van der Waals surface area contributed by atoms with Crippen LogP contribution in [0, 0.1) is 0 Å². The maximum absolute atomic E-state index is 2.55. The second-order valence-corrected chi connectivity index (χ2v) is 14.6. The van der Waals surface area contributed by atoms with Gasteiger partial charge in [0.1, 0.15) is 0 Å². The Morgan fingerprint density at radius 1 is 0.347 bits per heavy atom. The summed E-state index contributed by atoms with van der Waals surface area (Å²) in [6, 6.07) is 64.5. The van der Waals surface area contributed by atoms with Gasteiger partial charge in [-0.05, 0) is 69.9 Å². The van der Waals surface area contributed by atoms with Crippen LogP contribution in [-0.4, -0.2) is 0 Å². The van der Waals surface area contributed by atoms with Gasteiger partial charge in [-0.3, -0.25) is 0 Å². The van der Waals surface area contributed by atoms with Gasteiger partial charge in [0.15, 0.2) is 0 Å². The van der Waals surface area contributed by atoms with Crippen LogP contribution >= 0.6 is 22.7 Å². The Morgan fingerprint density at radius 3 is 1.86 bits per heavy atom. The minimum absolute atomic E-state index is 1.16. The molecule has 0 aliphatic heterocycles. The minimum Gasteiger partial charge on any atom is -0.308 e. The number of thiophene rings is 2. The lowest BCUT2D eigenvalue weighted by Crippen LogP contribution is -2.12. The lowest BCUT2D eigenvalue weighted by atomic mass is 9.95. The number of anilines is 3. The number of nitrogens with zero attached hydrogens (tertiary/aromatic N) is 1. The third-order valence-electron chi connectivity index (χ3n) is 9.65.